The molecule has 13 heteroatoms. The number of allylic oxidation sites excluding steroid dienone is 1. The summed E-state index contributed by atoms with van der Waals surface area (Å²) in [5.41, 5.74) is 1.96. The number of pyridine rings is 2. The third-order valence-corrected chi connectivity index (χ3v) is 4.99. The molecule has 1 amide bonds. The molecule has 2 aromatic heterocycles. The van der Waals surface area contributed by atoms with Gasteiger partial charge in [0.05, 0.1) is 17.5 Å². The van der Waals surface area contributed by atoms with E-state index in [0.717, 1.165) is 6.20 Å². The van der Waals surface area contributed by atoms with E-state index in [-0.39, 0.29) is 22.7 Å². The molecule has 1 atom stereocenters. The van der Waals surface area contributed by atoms with Crippen molar-refractivity contribution in [3.8, 4) is 17.0 Å². The number of hydrazone groups is 1. The summed E-state index contributed by atoms with van der Waals surface area (Å²) in [5, 5.41) is 3.91. The second-order valence-corrected chi connectivity index (χ2v) is 7.58. The zero-order chi connectivity index (χ0) is 25.9. The lowest BCUT2D eigenvalue weighted by Gasteiger charge is -2.26. The first kappa shape index (κ1) is 26.0. The number of methoxy groups -OCH3 is 1. The number of alkyl halides is 5. The van der Waals surface area contributed by atoms with Gasteiger partial charge in [-0.25, -0.2) is 13.8 Å². The van der Waals surface area contributed by atoms with Crippen molar-refractivity contribution < 1.29 is 36.2 Å². The molecule has 0 spiro atoms. The molecule has 1 aliphatic rings. The monoisotopic (exact) mass is 499 g/mol. The molecule has 0 bridgehead atoms. The Bertz CT molecular complexity index is 1140. The van der Waals surface area contributed by atoms with Crippen LogP contribution < -0.4 is 4.74 Å². The second-order valence-electron chi connectivity index (χ2n) is 7.58. The number of carbonyl (C=O) groups is 1. The quantitative estimate of drug-likeness (QED) is 0.286. The van der Waals surface area contributed by atoms with E-state index < -0.39 is 37.9 Å². The molecule has 2 aromatic rings. The van der Waals surface area contributed by atoms with Gasteiger partial charge in [-0.05, 0) is 31.5 Å². The fourth-order valence-corrected chi connectivity index (χ4v) is 3.61. The highest BCUT2D eigenvalue weighted by Crippen LogP contribution is 2.39. The molecule has 0 N–H and O–H groups in total. The fraction of sp³-hybridized carbons (Fsp3) is 0.364. The highest BCUT2D eigenvalue weighted by molar-refractivity contribution is 6.01. The standard InChI is InChI=1S/C22H22F5N5O3/c1-12-5-16(14-6-15(8-29-7-14)35-10-17(23)24)30-19-18(12)20(33)32(21(19)34-4)13(2)9-31(28-3)11-22(25,26)27/h5-9,17,21H,3,10-11H2,1-2,4H3/b13-9+/t21-/m1/s1. The summed E-state index contributed by atoms with van der Waals surface area (Å²) >= 11 is 0. The van der Waals surface area contributed by atoms with Gasteiger partial charge in [-0.15, -0.1) is 0 Å². The number of hydrogen-bond donors (Lipinski definition) is 0. The number of ether oxygens (including phenoxy) is 2. The van der Waals surface area contributed by atoms with Crippen molar-refractivity contribution in [1.29, 1.82) is 0 Å². The number of aromatic nitrogens is 2. The summed E-state index contributed by atoms with van der Waals surface area (Å²) in [7, 11) is 1.33. The summed E-state index contributed by atoms with van der Waals surface area (Å²) in [6.07, 6.45) is -4.44. The number of nitrogens with zero attached hydrogens (tertiary/aromatic N) is 5. The molecular formula is C22H22F5N5O3. The van der Waals surface area contributed by atoms with Crippen LogP contribution in [0.5, 0.6) is 5.75 Å². The number of hydrogen-bond acceptors (Lipinski definition) is 7. The Morgan fingerprint density at radius 3 is 2.66 bits per heavy atom. The highest BCUT2D eigenvalue weighted by Gasteiger charge is 2.41. The number of fused-ring (bicyclic) bond motifs is 1. The molecule has 0 radical (unpaired) electrons. The van der Waals surface area contributed by atoms with Gasteiger partial charge in [0, 0.05) is 37.5 Å². The maximum absolute atomic E-state index is 13.2. The zero-order valence-corrected chi connectivity index (χ0v) is 19.0. The molecule has 0 saturated heterocycles. The van der Waals surface area contributed by atoms with Gasteiger partial charge in [-0.1, -0.05) is 0 Å². The van der Waals surface area contributed by atoms with Crippen LogP contribution in [0.15, 0.2) is 41.5 Å². The largest absolute Gasteiger partial charge is 0.486 e. The average molecular weight is 499 g/mol. The Labute approximate surface area is 197 Å². The third kappa shape index (κ3) is 5.91. The van der Waals surface area contributed by atoms with Crippen LogP contribution in [-0.4, -0.2) is 65.4 Å². The maximum atomic E-state index is 13.2. The minimum atomic E-state index is -4.54. The van der Waals surface area contributed by atoms with Crippen molar-refractivity contribution in [2.75, 3.05) is 20.3 Å². The van der Waals surface area contributed by atoms with E-state index in [1.165, 1.54) is 37.4 Å². The average Bonchev–Trinajstić information content (AvgIpc) is 3.08. The lowest BCUT2D eigenvalue weighted by Crippen LogP contribution is -2.31. The number of aryl methyl sites for hydroxylation is 1. The molecule has 0 unspecified atom stereocenters. The summed E-state index contributed by atoms with van der Waals surface area (Å²) in [5.74, 6) is -0.399. The third-order valence-electron chi connectivity index (χ3n) is 4.99. The molecular weight excluding hydrogens is 477 g/mol. The van der Waals surface area contributed by atoms with Crippen LogP contribution in [0, 0.1) is 6.92 Å². The van der Waals surface area contributed by atoms with Gasteiger partial charge in [0.25, 0.3) is 12.3 Å². The summed E-state index contributed by atoms with van der Waals surface area (Å²) < 4.78 is 73.8. The Balaban J connectivity index is 1.98. The molecule has 0 aliphatic carbocycles. The maximum Gasteiger partial charge on any atom is 0.408 e. The molecule has 35 heavy (non-hydrogen) atoms. The minimum absolute atomic E-state index is 0.115. The first-order chi connectivity index (χ1) is 16.4. The van der Waals surface area contributed by atoms with Gasteiger partial charge >= 0.3 is 6.18 Å². The summed E-state index contributed by atoms with van der Waals surface area (Å²) in [6.45, 7) is 4.06. The number of halogens is 5. The van der Waals surface area contributed by atoms with Crippen molar-refractivity contribution in [2.45, 2.75) is 32.7 Å². The fourth-order valence-electron chi connectivity index (χ4n) is 3.61. The number of amides is 1. The van der Waals surface area contributed by atoms with Crippen LogP contribution in [0.4, 0.5) is 22.0 Å². The number of carbonyl (C=O) groups excluding carboxylic acids is 1. The first-order valence-corrected chi connectivity index (χ1v) is 10.2. The SMILES string of the molecule is C=NN(/C=C(\C)N1C(=O)c2c(C)cc(-c3cncc(OCC(F)F)c3)nc2[C@H]1OC)CC(F)(F)F. The molecule has 188 valence electrons. The number of rotatable bonds is 9. The van der Waals surface area contributed by atoms with Crippen molar-refractivity contribution in [1.82, 2.24) is 19.9 Å². The van der Waals surface area contributed by atoms with Gasteiger partial charge in [-0.2, -0.15) is 18.3 Å². The van der Waals surface area contributed by atoms with Gasteiger partial charge in [0.15, 0.2) is 6.23 Å². The molecule has 0 aromatic carbocycles. The summed E-state index contributed by atoms with van der Waals surface area (Å²) in [4.78, 5) is 22.9. The Hall–Kier alpha value is -3.61. The predicted octanol–water partition coefficient (Wildman–Crippen LogP) is 4.54. The first-order valence-electron chi connectivity index (χ1n) is 10.2. The van der Waals surface area contributed by atoms with Crippen molar-refractivity contribution in [2.24, 2.45) is 5.10 Å². The van der Waals surface area contributed by atoms with Crippen LogP contribution in [0.2, 0.25) is 0 Å². The minimum Gasteiger partial charge on any atom is -0.486 e. The molecule has 1 aliphatic heterocycles. The van der Waals surface area contributed by atoms with Crippen LogP contribution in [0.3, 0.4) is 0 Å². The topological polar surface area (TPSA) is 80.2 Å². The lowest BCUT2D eigenvalue weighted by atomic mass is 10.0. The molecule has 3 heterocycles. The van der Waals surface area contributed by atoms with Gasteiger partial charge in [0.1, 0.15) is 24.6 Å². The zero-order valence-electron chi connectivity index (χ0n) is 19.0. The molecule has 3 rings (SSSR count). The highest BCUT2D eigenvalue weighted by atomic mass is 19.4. The van der Waals surface area contributed by atoms with E-state index in [1.54, 1.807) is 13.0 Å². The van der Waals surface area contributed by atoms with Crippen molar-refractivity contribution >= 4 is 12.6 Å². The molecule has 8 nitrogen and oxygen atoms in total. The van der Waals surface area contributed by atoms with E-state index in [0.29, 0.717) is 21.8 Å². The Morgan fingerprint density at radius 2 is 2.06 bits per heavy atom. The van der Waals surface area contributed by atoms with Crippen molar-refractivity contribution in [3.05, 3.63) is 53.2 Å². The second kappa shape index (κ2) is 10.3. The summed E-state index contributed by atoms with van der Waals surface area (Å²) in [6, 6.07) is 3.09. The molecule has 0 saturated carbocycles. The van der Waals surface area contributed by atoms with E-state index >= 15 is 0 Å². The Morgan fingerprint density at radius 1 is 1.34 bits per heavy atom. The molecule has 0 fully saturated rings. The normalized spacial score (nSPS) is 16.0. The smallest absolute Gasteiger partial charge is 0.408 e. The Kier molecular flexibility index (Phi) is 7.68. The predicted molar refractivity (Wildman–Crippen MR) is 116 cm³/mol. The van der Waals surface area contributed by atoms with Crippen molar-refractivity contribution in [3.63, 3.8) is 0 Å². The van der Waals surface area contributed by atoms with Gasteiger partial charge in [0.2, 0.25) is 0 Å². The van der Waals surface area contributed by atoms with E-state index in [9.17, 15) is 26.7 Å². The van der Waals surface area contributed by atoms with Gasteiger partial charge < -0.3 is 9.47 Å². The van der Waals surface area contributed by atoms with Crippen LogP contribution in [0.1, 0.15) is 34.8 Å². The lowest BCUT2D eigenvalue weighted by molar-refractivity contribution is -0.140. The van der Waals surface area contributed by atoms with Crippen LogP contribution >= 0.6 is 0 Å². The van der Waals surface area contributed by atoms with Gasteiger partial charge in [-0.3, -0.25) is 19.7 Å². The van der Waals surface area contributed by atoms with E-state index in [1.807, 2.05) is 0 Å². The van der Waals surface area contributed by atoms with Crippen LogP contribution in [0.25, 0.3) is 11.3 Å². The van der Waals surface area contributed by atoms with E-state index in [2.05, 4.69) is 21.8 Å². The van der Waals surface area contributed by atoms with Crippen LogP contribution in [-0.2, 0) is 4.74 Å². The van der Waals surface area contributed by atoms with E-state index in [4.69, 9.17) is 9.47 Å².